The Morgan fingerprint density at radius 1 is 0.654 bits per heavy atom. The Labute approximate surface area is 155 Å². The van der Waals surface area contributed by atoms with Crippen LogP contribution in [-0.4, -0.2) is 9.97 Å². The molecule has 0 aliphatic carbocycles. The van der Waals surface area contributed by atoms with Crippen molar-refractivity contribution in [2.75, 3.05) is 0 Å². The number of hydrogen-bond acceptors (Lipinski definition) is 3. The van der Waals surface area contributed by atoms with E-state index >= 15 is 0 Å². The van der Waals surface area contributed by atoms with E-state index in [-0.39, 0.29) is 0 Å². The van der Waals surface area contributed by atoms with Crippen LogP contribution in [0.4, 0.5) is 0 Å². The van der Waals surface area contributed by atoms with Crippen LogP contribution in [0.2, 0.25) is 0 Å². The lowest BCUT2D eigenvalue weighted by Crippen LogP contribution is -1.94. The van der Waals surface area contributed by atoms with E-state index in [1.807, 2.05) is 48.6 Å². The minimum absolute atomic E-state index is 0.775. The molecule has 2 aromatic heterocycles. The fraction of sp³-hybridized carbons (Fsp3) is 0.0435. The van der Waals surface area contributed by atoms with Gasteiger partial charge in [-0.2, -0.15) is 0 Å². The van der Waals surface area contributed by atoms with Crippen molar-refractivity contribution in [3.05, 3.63) is 84.6 Å². The second kappa shape index (κ2) is 6.04. The van der Waals surface area contributed by atoms with Gasteiger partial charge in [-0.05, 0) is 25.1 Å². The van der Waals surface area contributed by atoms with Crippen molar-refractivity contribution in [2.45, 2.75) is 6.92 Å². The first-order chi connectivity index (χ1) is 12.8. The van der Waals surface area contributed by atoms with Gasteiger partial charge in [0, 0.05) is 37.0 Å². The van der Waals surface area contributed by atoms with E-state index in [0.717, 1.165) is 28.3 Å². The standard InChI is InChI=1S/C23H16N2S/c1-15-13-20(25-23(24-15)16-7-3-2-4-8-16)17-11-12-19-18-9-5-6-10-21(18)26-22(19)14-17/h2-14H,1H3. The molecule has 0 saturated carbocycles. The van der Waals surface area contributed by atoms with E-state index in [2.05, 4.69) is 53.5 Å². The zero-order valence-corrected chi connectivity index (χ0v) is 15.1. The van der Waals surface area contributed by atoms with E-state index in [9.17, 15) is 0 Å². The molecule has 5 rings (SSSR count). The largest absolute Gasteiger partial charge is 0.233 e. The molecule has 2 nitrogen and oxygen atoms in total. The van der Waals surface area contributed by atoms with Crippen LogP contribution in [-0.2, 0) is 0 Å². The Hall–Kier alpha value is -3.04. The quantitative estimate of drug-likeness (QED) is 0.363. The van der Waals surface area contributed by atoms with Gasteiger partial charge in [0.05, 0.1) is 5.69 Å². The van der Waals surface area contributed by atoms with E-state index < -0.39 is 0 Å². The molecule has 0 bridgehead atoms. The van der Waals surface area contributed by atoms with Crippen molar-refractivity contribution < 1.29 is 0 Å². The maximum atomic E-state index is 4.83. The zero-order valence-electron chi connectivity index (χ0n) is 14.3. The molecule has 26 heavy (non-hydrogen) atoms. The molecule has 0 unspecified atom stereocenters. The average molecular weight is 352 g/mol. The number of aromatic nitrogens is 2. The van der Waals surface area contributed by atoms with Crippen molar-refractivity contribution in [1.29, 1.82) is 0 Å². The Bertz CT molecular complexity index is 1240. The molecule has 0 N–H and O–H groups in total. The van der Waals surface area contributed by atoms with Gasteiger partial charge in [0.25, 0.3) is 0 Å². The average Bonchev–Trinajstić information content (AvgIpc) is 3.06. The Morgan fingerprint density at radius 2 is 1.42 bits per heavy atom. The van der Waals surface area contributed by atoms with Gasteiger partial charge in [-0.25, -0.2) is 9.97 Å². The molecule has 0 aliphatic heterocycles. The topological polar surface area (TPSA) is 25.8 Å². The third-order valence-electron chi connectivity index (χ3n) is 4.56. The summed E-state index contributed by atoms with van der Waals surface area (Å²) >= 11 is 1.83. The minimum Gasteiger partial charge on any atom is -0.233 e. The summed E-state index contributed by atoms with van der Waals surface area (Å²) in [5, 5.41) is 2.63. The highest BCUT2D eigenvalue weighted by molar-refractivity contribution is 7.25. The van der Waals surface area contributed by atoms with Crippen molar-refractivity contribution in [1.82, 2.24) is 9.97 Å². The molecule has 0 atom stereocenters. The summed E-state index contributed by atoms with van der Waals surface area (Å²) < 4.78 is 2.62. The second-order valence-electron chi connectivity index (χ2n) is 6.39. The number of benzene rings is 3. The van der Waals surface area contributed by atoms with E-state index in [4.69, 9.17) is 4.98 Å². The first-order valence-corrected chi connectivity index (χ1v) is 9.42. The van der Waals surface area contributed by atoms with Crippen LogP contribution in [0.5, 0.6) is 0 Å². The van der Waals surface area contributed by atoms with Crippen LogP contribution >= 0.6 is 11.3 Å². The normalized spacial score (nSPS) is 11.3. The fourth-order valence-corrected chi connectivity index (χ4v) is 4.46. The molecule has 0 spiro atoms. The molecule has 0 saturated heterocycles. The van der Waals surface area contributed by atoms with Crippen LogP contribution in [0.25, 0.3) is 42.8 Å². The molecular formula is C23H16N2S. The van der Waals surface area contributed by atoms with Crippen molar-refractivity contribution in [3.8, 4) is 22.6 Å². The lowest BCUT2D eigenvalue weighted by Gasteiger charge is -2.07. The predicted molar refractivity (Wildman–Crippen MR) is 111 cm³/mol. The third kappa shape index (κ3) is 2.57. The molecule has 124 valence electrons. The SMILES string of the molecule is Cc1cc(-c2ccc3c(c2)sc2ccccc23)nc(-c2ccccc2)n1. The summed E-state index contributed by atoms with van der Waals surface area (Å²) in [6.45, 7) is 2.02. The molecule has 0 amide bonds. The molecule has 0 fully saturated rings. The molecule has 0 aliphatic rings. The zero-order chi connectivity index (χ0) is 17.5. The van der Waals surface area contributed by atoms with Crippen LogP contribution in [0.3, 0.4) is 0 Å². The molecule has 5 aromatic rings. The lowest BCUT2D eigenvalue weighted by molar-refractivity contribution is 1.12. The summed E-state index contributed by atoms with van der Waals surface area (Å²) in [5.41, 5.74) is 4.12. The summed E-state index contributed by atoms with van der Waals surface area (Å²) in [6.07, 6.45) is 0. The van der Waals surface area contributed by atoms with E-state index in [1.165, 1.54) is 20.2 Å². The summed E-state index contributed by atoms with van der Waals surface area (Å²) in [5.74, 6) is 0.775. The van der Waals surface area contributed by atoms with Crippen molar-refractivity contribution in [2.24, 2.45) is 0 Å². The van der Waals surface area contributed by atoms with Gasteiger partial charge in [-0.3, -0.25) is 0 Å². The molecular weight excluding hydrogens is 336 g/mol. The summed E-state index contributed by atoms with van der Waals surface area (Å²) in [4.78, 5) is 9.45. The minimum atomic E-state index is 0.775. The van der Waals surface area contributed by atoms with Crippen molar-refractivity contribution >= 4 is 31.5 Å². The second-order valence-corrected chi connectivity index (χ2v) is 7.48. The maximum Gasteiger partial charge on any atom is 0.160 e. The Kier molecular flexibility index (Phi) is 3.54. The van der Waals surface area contributed by atoms with E-state index in [0.29, 0.717) is 0 Å². The van der Waals surface area contributed by atoms with Crippen LogP contribution in [0, 0.1) is 6.92 Å². The number of fused-ring (bicyclic) bond motifs is 3. The smallest absolute Gasteiger partial charge is 0.160 e. The number of rotatable bonds is 2. The molecule has 3 heteroatoms. The van der Waals surface area contributed by atoms with Gasteiger partial charge in [-0.1, -0.05) is 60.7 Å². The first kappa shape index (κ1) is 15.2. The van der Waals surface area contributed by atoms with Gasteiger partial charge in [0.15, 0.2) is 5.82 Å². The molecule has 3 aromatic carbocycles. The number of thiophene rings is 1. The fourth-order valence-electron chi connectivity index (χ4n) is 3.32. The van der Waals surface area contributed by atoms with Gasteiger partial charge in [0.1, 0.15) is 0 Å². The highest BCUT2D eigenvalue weighted by Gasteiger charge is 2.10. The Morgan fingerprint density at radius 3 is 2.31 bits per heavy atom. The molecule has 2 heterocycles. The first-order valence-electron chi connectivity index (χ1n) is 8.61. The van der Waals surface area contributed by atoms with Gasteiger partial charge >= 0.3 is 0 Å². The van der Waals surface area contributed by atoms with Crippen molar-refractivity contribution in [3.63, 3.8) is 0 Å². The molecule has 0 radical (unpaired) electrons. The van der Waals surface area contributed by atoms with Crippen LogP contribution < -0.4 is 0 Å². The highest BCUT2D eigenvalue weighted by atomic mass is 32.1. The van der Waals surface area contributed by atoms with Gasteiger partial charge < -0.3 is 0 Å². The number of hydrogen-bond donors (Lipinski definition) is 0. The highest BCUT2D eigenvalue weighted by Crippen LogP contribution is 2.36. The summed E-state index contributed by atoms with van der Waals surface area (Å²) in [7, 11) is 0. The Balaban J connectivity index is 1.67. The number of aryl methyl sites for hydroxylation is 1. The van der Waals surface area contributed by atoms with Gasteiger partial charge in [-0.15, -0.1) is 11.3 Å². The lowest BCUT2D eigenvalue weighted by atomic mass is 10.1. The predicted octanol–water partition coefficient (Wildman–Crippen LogP) is 6.49. The number of nitrogens with zero attached hydrogens (tertiary/aromatic N) is 2. The monoisotopic (exact) mass is 352 g/mol. The maximum absolute atomic E-state index is 4.83. The third-order valence-corrected chi connectivity index (χ3v) is 5.69. The van der Waals surface area contributed by atoms with E-state index in [1.54, 1.807) is 0 Å². The van der Waals surface area contributed by atoms with Crippen LogP contribution in [0.15, 0.2) is 78.9 Å². The van der Waals surface area contributed by atoms with Gasteiger partial charge in [0.2, 0.25) is 0 Å². The summed E-state index contributed by atoms with van der Waals surface area (Å²) in [6, 6.07) is 27.4. The van der Waals surface area contributed by atoms with Crippen LogP contribution in [0.1, 0.15) is 5.69 Å².